The van der Waals surface area contributed by atoms with Crippen molar-refractivity contribution in [2.24, 2.45) is 0 Å². The molecule has 2 aromatic heterocycles. The van der Waals surface area contributed by atoms with E-state index >= 15 is 0 Å². The zero-order chi connectivity index (χ0) is 19.8. The molecule has 0 aliphatic carbocycles. The number of ether oxygens (including phenoxy) is 1. The van der Waals surface area contributed by atoms with Crippen molar-refractivity contribution >= 4 is 49.1 Å². The third-order valence-electron chi connectivity index (χ3n) is 4.83. The number of thiazole rings is 1. The van der Waals surface area contributed by atoms with Crippen LogP contribution in [0.4, 0.5) is 10.8 Å². The Bertz CT molecular complexity index is 1280. The van der Waals surface area contributed by atoms with Gasteiger partial charge in [-0.1, -0.05) is 29.5 Å². The lowest BCUT2D eigenvalue weighted by Crippen LogP contribution is -2.36. The van der Waals surface area contributed by atoms with Crippen LogP contribution in [0, 0.1) is 0 Å². The maximum Gasteiger partial charge on any atom is 0.276 e. The second-order valence-electron chi connectivity index (χ2n) is 6.68. The molecular formula is C20H17N5O3S. The third-order valence-corrected chi connectivity index (χ3v) is 5.91. The predicted molar refractivity (Wildman–Crippen MR) is 113 cm³/mol. The number of nitrogens with zero attached hydrogens (tertiary/aromatic N) is 3. The van der Waals surface area contributed by atoms with Crippen molar-refractivity contribution < 1.29 is 9.53 Å². The van der Waals surface area contributed by atoms with E-state index in [1.54, 1.807) is 35.6 Å². The van der Waals surface area contributed by atoms with Crippen LogP contribution in [-0.4, -0.2) is 47.4 Å². The summed E-state index contributed by atoms with van der Waals surface area (Å²) in [4.78, 5) is 31.6. The molecular weight excluding hydrogens is 390 g/mol. The maximum absolute atomic E-state index is 12.8. The minimum atomic E-state index is -0.380. The van der Waals surface area contributed by atoms with E-state index in [1.807, 2.05) is 18.2 Å². The minimum Gasteiger partial charge on any atom is -0.378 e. The normalized spacial score (nSPS) is 14.4. The molecule has 2 N–H and O–H groups in total. The zero-order valence-electron chi connectivity index (χ0n) is 15.3. The Morgan fingerprint density at radius 1 is 1.14 bits per heavy atom. The first-order chi connectivity index (χ1) is 14.2. The average Bonchev–Trinajstić information content (AvgIpc) is 3.18. The van der Waals surface area contributed by atoms with E-state index in [0.29, 0.717) is 29.7 Å². The van der Waals surface area contributed by atoms with E-state index in [1.165, 1.54) is 0 Å². The molecule has 0 saturated carbocycles. The Morgan fingerprint density at radius 2 is 1.93 bits per heavy atom. The third kappa shape index (κ3) is 3.34. The number of hydrogen-bond acceptors (Lipinski definition) is 7. The fourth-order valence-corrected chi connectivity index (χ4v) is 4.41. The van der Waals surface area contributed by atoms with Crippen LogP contribution in [0.1, 0.15) is 10.5 Å². The summed E-state index contributed by atoms with van der Waals surface area (Å²) >= 11 is 1.59. The highest BCUT2D eigenvalue weighted by molar-refractivity contribution is 7.22. The molecule has 8 nitrogen and oxygen atoms in total. The molecule has 29 heavy (non-hydrogen) atoms. The number of carbonyl (C=O) groups is 1. The number of aromatic nitrogens is 3. The Labute approximate surface area is 169 Å². The Balaban J connectivity index is 1.43. The molecule has 1 aliphatic heterocycles. The Morgan fingerprint density at radius 3 is 2.76 bits per heavy atom. The fourth-order valence-electron chi connectivity index (χ4n) is 3.36. The van der Waals surface area contributed by atoms with Crippen LogP contribution in [0.2, 0.25) is 0 Å². The van der Waals surface area contributed by atoms with Crippen molar-refractivity contribution in [3.63, 3.8) is 0 Å². The van der Waals surface area contributed by atoms with Crippen molar-refractivity contribution in [2.45, 2.75) is 0 Å². The van der Waals surface area contributed by atoms with Crippen LogP contribution in [0.15, 0.2) is 47.3 Å². The van der Waals surface area contributed by atoms with Gasteiger partial charge in [-0.2, -0.15) is 5.10 Å². The van der Waals surface area contributed by atoms with Crippen LogP contribution < -0.4 is 15.8 Å². The number of carbonyl (C=O) groups excluding carboxylic acids is 1. The molecule has 1 saturated heterocycles. The molecule has 5 rings (SSSR count). The Kier molecular flexibility index (Phi) is 4.45. The van der Waals surface area contributed by atoms with Gasteiger partial charge in [-0.25, -0.2) is 10.1 Å². The summed E-state index contributed by atoms with van der Waals surface area (Å²) < 4.78 is 6.39. The number of nitrogens with one attached hydrogen (secondary N) is 2. The minimum absolute atomic E-state index is 0.179. The summed E-state index contributed by atoms with van der Waals surface area (Å²) in [7, 11) is 0. The van der Waals surface area contributed by atoms with Crippen molar-refractivity contribution in [1.29, 1.82) is 0 Å². The molecule has 4 aromatic rings. The van der Waals surface area contributed by atoms with Gasteiger partial charge in [0.1, 0.15) is 0 Å². The predicted octanol–water partition coefficient (Wildman–Crippen LogP) is 2.62. The van der Waals surface area contributed by atoms with E-state index in [-0.39, 0.29) is 17.2 Å². The van der Waals surface area contributed by atoms with Gasteiger partial charge >= 0.3 is 0 Å². The molecule has 1 amide bonds. The van der Waals surface area contributed by atoms with Gasteiger partial charge in [0.15, 0.2) is 10.8 Å². The summed E-state index contributed by atoms with van der Waals surface area (Å²) in [6.45, 7) is 3.07. The second-order valence-corrected chi connectivity index (χ2v) is 7.69. The monoisotopic (exact) mass is 407 g/mol. The molecule has 1 fully saturated rings. The molecule has 9 heteroatoms. The van der Waals surface area contributed by atoms with Gasteiger partial charge in [-0.05, 0) is 24.3 Å². The van der Waals surface area contributed by atoms with Gasteiger partial charge in [-0.15, -0.1) is 0 Å². The SMILES string of the molecule is O=C(Nc1ccc2nc(N3CCOCC3)sc2c1)c1n[nH]c(=O)c2ccccc12. The molecule has 0 spiro atoms. The van der Waals surface area contributed by atoms with Gasteiger partial charge in [0.2, 0.25) is 0 Å². The standard InChI is InChI=1S/C20H17N5O3S/c26-18-14-4-2-1-3-13(14)17(23-24-18)19(27)21-12-5-6-15-16(11-12)29-20(22-15)25-7-9-28-10-8-25/h1-6,11H,7-10H2,(H,21,27)(H,24,26). The van der Waals surface area contributed by atoms with Crippen LogP contribution in [0.25, 0.3) is 21.0 Å². The van der Waals surface area contributed by atoms with E-state index in [0.717, 1.165) is 28.4 Å². The summed E-state index contributed by atoms with van der Waals surface area (Å²) in [5.74, 6) is -0.380. The molecule has 146 valence electrons. The fraction of sp³-hybridized carbons (Fsp3) is 0.200. The summed E-state index contributed by atoms with van der Waals surface area (Å²) in [6.07, 6.45) is 0. The lowest BCUT2D eigenvalue weighted by molar-refractivity contribution is 0.102. The number of hydrogen-bond donors (Lipinski definition) is 2. The van der Waals surface area contributed by atoms with E-state index in [4.69, 9.17) is 4.74 Å². The highest BCUT2D eigenvalue weighted by Gasteiger charge is 2.17. The van der Waals surface area contributed by atoms with Gasteiger partial charge < -0.3 is 15.0 Å². The quantitative estimate of drug-likeness (QED) is 0.542. The number of fused-ring (bicyclic) bond motifs is 2. The molecule has 0 bridgehead atoms. The van der Waals surface area contributed by atoms with Crippen LogP contribution in [0.5, 0.6) is 0 Å². The summed E-state index contributed by atoms with van der Waals surface area (Å²) in [6, 6.07) is 12.5. The van der Waals surface area contributed by atoms with E-state index in [9.17, 15) is 9.59 Å². The average molecular weight is 407 g/mol. The van der Waals surface area contributed by atoms with Crippen molar-refractivity contribution in [2.75, 3.05) is 36.5 Å². The molecule has 2 aromatic carbocycles. The summed E-state index contributed by atoms with van der Waals surface area (Å²) in [5, 5.41) is 11.1. The number of benzene rings is 2. The molecule has 0 radical (unpaired) electrons. The zero-order valence-corrected chi connectivity index (χ0v) is 16.2. The summed E-state index contributed by atoms with van der Waals surface area (Å²) in [5.41, 5.74) is 1.40. The number of amides is 1. The Hall–Kier alpha value is -3.30. The lowest BCUT2D eigenvalue weighted by atomic mass is 10.1. The van der Waals surface area contributed by atoms with Crippen LogP contribution in [0.3, 0.4) is 0 Å². The molecule has 0 atom stereocenters. The highest BCUT2D eigenvalue weighted by atomic mass is 32.1. The molecule has 0 unspecified atom stereocenters. The van der Waals surface area contributed by atoms with Crippen LogP contribution in [-0.2, 0) is 4.74 Å². The number of aromatic amines is 1. The highest BCUT2D eigenvalue weighted by Crippen LogP contribution is 2.31. The first-order valence-corrected chi connectivity index (χ1v) is 10.0. The molecule has 3 heterocycles. The van der Waals surface area contributed by atoms with Gasteiger partial charge in [0, 0.05) is 24.2 Å². The van der Waals surface area contributed by atoms with Gasteiger partial charge in [0.25, 0.3) is 11.5 Å². The number of morpholine rings is 1. The van der Waals surface area contributed by atoms with Crippen molar-refractivity contribution in [3.8, 4) is 0 Å². The number of rotatable bonds is 3. The smallest absolute Gasteiger partial charge is 0.276 e. The molecule has 1 aliphatic rings. The van der Waals surface area contributed by atoms with E-state index in [2.05, 4.69) is 25.4 Å². The topological polar surface area (TPSA) is 100 Å². The maximum atomic E-state index is 12.8. The first-order valence-electron chi connectivity index (χ1n) is 9.21. The largest absolute Gasteiger partial charge is 0.378 e. The number of H-pyrrole nitrogens is 1. The first kappa shape index (κ1) is 17.8. The number of anilines is 2. The van der Waals surface area contributed by atoms with Crippen molar-refractivity contribution in [3.05, 3.63) is 58.5 Å². The van der Waals surface area contributed by atoms with E-state index < -0.39 is 0 Å². The van der Waals surface area contributed by atoms with Crippen LogP contribution >= 0.6 is 11.3 Å². The van der Waals surface area contributed by atoms with Crippen molar-refractivity contribution in [1.82, 2.24) is 15.2 Å². The van der Waals surface area contributed by atoms with Gasteiger partial charge in [-0.3, -0.25) is 9.59 Å². The second kappa shape index (κ2) is 7.26. The van der Waals surface area contributed by atoms with Gasteiger partial charge in [0.05, 0.1) is 28.8 Å². The lowest BCUT2D eigenvalue weighted by Gasteiger charge is -2.25.